The number of benzene rings is 4. The fourth-order valence-electron chi connectivity index (χ4n) is 3.58. The Morgan fingerprint density at radius 2 is 1.37 bits per heavy atom. The van der Waals surface area contributed by atoms with Crippen molar-refractivity contribution in [2.45, 2.75) is 26.7 Å². The van der Waals surface area contributed by atoms with Gasteiger partial charge in [-0.1, -0.05) is 91.7 Å². The fourth-order valence-corrected chi connectivity index (χ4v) is 3.58. The van der Waals surface area contributed by atoms with Gasteiger partial charge >= 0.3 is 0 Å². The van der Waals surface area contributed by atoms with Crippen LogP contribution in [0.2, 0.25) is 0 Å². The minimum atomic E-state index is -0.152. The Bertz CT molecular complexity index is 1070. The number of fused-ring (bicyclic) bond motifs is 1. The minimum absolute atomic E-state index is 0.152. The van der Waals surface area contributed by atoms with Crippen LogP contribution in [0.1, 0.15) is 24.5 Å². The Labute approximate surface area is 160 Å². The van der Waals surface area contributed by atoms with Crippen molar-refractivity contribution in [2.75, 3.05) is 0 Å². The predicted molar refractivity (Wildman–Crippen MR) is 114 cm³/mol. The summed E-state index contributed by atoms with van der Waals surface area (Å²) in [7, 11) is 0. The Morgan fingerprint density at radius 1 is 0.704 bits per heavy atom. The lowest BCUT2D eigenvalue weighted by molar-refractivity contribution is 0.643. The normalized spacial score (nSPS) is 11.1. The molecule has 27 heavy (non-hydrogen) atoms. The average Bonchev–Trinajstić information content (AvgIpc) is 2.70. The van der Waals surface area contributed by atoms with Gasteiger partial charge in [-0.05, 0) is 47.1 Å². The van der Waals surface area contributed by atoms with Crippen molar-refractivity contribution in [1.29, 1.82) is 0 Å². The molecule has 0 N–H and O–H groups in total. The van der Waals surface area contributed by atoms with E-state index in [9.17, 15) is 0 Å². The fraction of sp³-hybridized carbons (Fsp3) is 0.154. The first-order valence-electron chi connectivity index (χ1n) is 9.54. The molecule has 134 valence electrons. The van der Waals surface area contributed by atoms with Gasteiger partial charge in [0.25, 0.3) is 0 Å². The van der Waals surface area contributed by atoms with Gasteiger partial charge in [-0.3, -0.25) is 0 Å². The zero-order valence-corrected chi connectivity index (χ0v) is 15.8. The maximum absolute atomic E-state index is 15.1. The second-order valence-electron chi connectivity index (χ2n) is 7.18. The van der Waals surface area contributed by atoms with Crippen molar-refractivity contribution in [2.24, 2.45) is 0 Å². The van der Waals surface area contributed by atoms with Crippen LogP contribution in [0.15, 0.2) is 78.9 Å². The summed E-state index contributed by atoms with van der Waals surface area (Å²) in [5.41, 5.74) is 6.38. The van der Waals surface area contributed by atoms with E-state index in [-0.39, 0.29) is 5.82 Å². The molecule has 0 aliphatic rings. The summed E-state index contributed by atoms with van der Waals surface area (Å²) in [6.07, 6.45) is 2.25. The molecule has 0 nitrogen and oxygen atoms in total. The lowest BCUT2D eigenvalue weighted by atomic mass is 9.96. The highest BCUT2D eigenvalue weighted by molar-refractivity contribution is 5.91. The molecule has 0 fully saturated rings. The molecule has 4 aromatic rings. The number of halogens is 1. The Kier molecular flexibility index (Phi) is 4.77. The Hall–Kier alpha value is -2.93. The van der Waals surface area contributed by atoms with Crippen molar-refractivity contribution < 1.29 is 4.39 Å². The molecular weight excluding hydrogens is 331 g/mol. The smallest absolute Gasteiger partial charge is 0.138 e. The van der Waals surface area contributed by atoms with Crippen LogP contribution in [-0.4, -0.2) is 0 Å². The van der Waals surface area contributed by atoms with Crippen LogP contribution >= 0.6 is 0 Å². The Morgan fingerprint density at radius 3 is 2.07 bits per heavy atom. The third-order valence-electron chi connectivity index (χ3n) is 5.14. The van der Waals surface area contributed by atoms with Gasteiger partial charge in [-0.2, -0.15) is 0 Å². The van der Waals surface area contributed by atoms with Gasteiger partial charge in [0.1, 0.15) is 5.82 Å². The molecule has 0 saturated heterocycles. The average molecular weight is 354 g/mol. The number of hydrogen-bond donors (Lipinski definition) is 0. The largest absolute Gasteiger partial charge is 0.206 e. The number of hydrogen-bond acceptors (Lipinski definition) is 0. The standard InChI is InChI=1S/C26H23F/c1-3-4-19-7-11-20(12-8-19)22-13-15-25-23(17-22)14-16-24(26(25)27)21-9-5-18(2)6-10-21/h5-17H,3-4H2,1-2H3. The molecule has 4 aromatic carbocycles. The van der Waals surface area contributed by atoms with E-state index in [4.69, 9.17) is 0 Å². The monoisotopic (exact) mass is 354 g/mol. The summed E-state index contributed by atoms with van der Waals surface area (Å²) in [4.78, 5) is 0. The molecule has 0 bridgehead atoms. The summed E-state index contributed by atoms with van der Waals surface area (Å²) < 4.78 is 15.1. The van der Waals surface area contributed by atoms with Gasteiger partial charge in [0.05, 0.1) is 0 Å². The van der Waals surface area contributed by atoms with Crippen molar-refractivity contribution in [1.82, 2.24) is 0 Å². The lowest BCUT2D eigenvalue weighted by Crippen LogP contribution is -1.89. The molecule has 4 rings (SSSR count). The van der Waals surface area contributed by atoms with Crippen molar-refractivity contribution in [3.05, 3.63) is 95.8 Å². The van der Waals surface area contributed by atoms with E-state index in [1.807, 2.05) is 55.5 Å². The first-order chi connectivity index (χ1) is 13.2. The lowest BCUT2D eigenvalue weighted by Gasteiger charge is -2.10. The molecule has 0 unspecified atom stereocenters. The van der Waals surface area contributed by atoms with Crippen molar-refractivity contribution in [3.8, 4) is 22.3 Å². The van der Waals surface area contributed by atoms with Crippen LogP contribution < -0.4 is 0 Å². The molecule has 0 amide bonds. The van der Waals surface area contributed by atoms with E-state index < -0.39 is 0 Å². The SMILES string of the molecule is CCCc1ccc(-c2ccc3c(F)c(-c4ccc(C)cc4)ccc3c2)cc1. The highest BCUT2D eigenvalue weighted by atomic mass is 19.1. The van der Waals surface area contributed by atoms with Crippen LogP contribution in [-0.2, 0) is 6.42 Å². The van der Waals surface area contributed by atoms with E-state index in [1.165, 1.54) is 16.7 Å². The molecule has 0 aliphatic carbocycles. The molecule has 0 heterocycles. The molecule has 0 atom stereocenters. The molecule has 0 radical (unpaired) electrons. The minimum Gasteiger partial charge on any atom is -0.206 e. The maximum atomic E-state index is 15.1. The summed E-state index contributed by atoms with van der Waals surface area (Å²) >= 11 is 0. The van der Waals surface area contributed by atoms with Crippen LogP contribution in [0.5, 0.6) is 0 Å². The van der Waals surface area contributed by atoms with E-state index in [0.717, 1.165) is 29.4 Å². The van der Waals surface area contributed by atoms with Crippen LogP contribution in [0, 0.1) is 12.7 Å². The zero-order chi connectivity index (χ0) is 18.8. The summed E-state index contributed by atoms with van der Waals surface area (Å²) in [5, 5.41) is 1.60. The van der Waals surface area contributed by atoms with Crippen molar-refractivity contribution >= 4 is 10.8 Å². The first-order valence-corrected chi connectivity index (χ1v) is 9.54. The van der Waals surface area contributed by atoms with E-state index in [2.05, 4.69) is 37.3 Å². The van der Waals surface area contributed by atoms with Gasteiger partial charge < -0.3 is 0 Å². The van der Waals surface area contributed by atoms with Gasteiger partial charge in [0, 0.05) is 10.9 Å². The van der Waals surface area contributed by atoms with Gasteiger partial charge in [0.15, 0.2) is 0 Å². The van der Waals surface area contributed by atoms with Gasteiger partial charge in [-0.25, -0.2) is 4.39 Å². The van der Waals surface area contributed by atoms with Crippen molar-refractivity contribution in [3.63, 3.8) is 0 Å². The van der Waals surface area contributed by atoms with E-state index in [1.54, 1.807) is 0 Å². The summed E-state index contributed by atoms with van der Waals surface area (Å²) in [6, 6.07) is 26.6. The maximum Gasteiger partial charge on any atom is 0.138 e. The van der Waals surface area contributed by atoms with Crippen LogP contribution in [0.4, 0.5) is 4.39 Å². The zero-order valence-electron chi connectivity index (χ0n) is 15.8. The quantitative estimate of drug-likeness (QED) is 0.354. The number of aryl methyl sites for hydroxylation is 2. The second-order valence-corrected chi connectivity index (χ2v) is 7.18. The van der Waals surface area contributed by atoms with E-state index >= 15 is 4.39 Å². The summed E-state index contributed by atoms with van der Waals surface area (Å²) in [6.45, 7) is 4.23. The molecular formula is C26H23F. The van der Waals surface area contributed by atoms with E-state index in [0.29, 0.717) is 10.9 Å². The van der Waals surface area contributed by atoms with Gasteiger partial charge in [0.2, 0.25) is 0 Å². The van der Waals surface area contributed by atoms with Crippen LogP contribution in [0.3, 0.4) is 0 Å². The molecule has 1 heteroatoms. The molecule has 0 spiro atoms. The summed E-state index contributed by atoms with van der Waals surface area (Å²) in [5.74, 6) is -0.152. The first kappa shape index (κ1) is 17.5. The highest BCUT2D eigenvalue weighted by Gasteiger charge is 2.10. The Balaban J connectivity index is 1.73. The topological polar surface area (TPSA) is 0 Å². The second kappa shape index (κ2) is 7.36. The third kappa shape index (κ3) is 3.50. The van der Waals surface area contributed by atoms with Gasteiger partial charge in [-0.15, -0.1) is 0 Å². The number of rotatable bonds is 4. The third-order valence-corrected chi connectivity index (χ3v) is 5.14. The molecule has 0 saturated carbocycles. The molecule has 0 aromatic heterocycles. The van der Waals surface area contributed by atoms with Crippen LogP contribution in [0.25, 0.3) is 33.0 Å². The highest BCUT2D eigenvalue weighted by Crippen LogP contribution is 2.32. The molecule has 0 aliphatic heterocycles. The predicted octanol–water partition coefficient (Wildman–Crippen LogP) is 7.57.